The molecular weight excluding hydrogens is 230 g/mol. The van der Waals surface area contributed by atoms with Crippen LogP contribution in [0.3, 0.4) is 0 Å². The average molecular weight is 249 g/mol. The van der Waals surface area contributed by atoms with Gasteiger partial charge in [-0.25, -0.2) is 14.8 Å². The third kappa shape index (κ3) is 3.68. The summed E-state index contributed by atoms with van der Waals surface area (Å²) in [5.41, 5.74) is 0.0308. The molecule has 1 aliphatic carbocycles. The Balaban J connectivity index is 1.72. The molecule has 0 radical (unpaired) electrons. The van der Waals surface area contributed by atoms with Crippen molar-refractivity contribution >= 4 is 11.9 Å². The molecule has 0 aliphatic heterocycles. The lowest BCUT2D eigenvalue weighted by atomic mass is 10.0. The van der Waals surface area contributed by atoms with Gasteiger partial charge in [-0.2, -0.15) is 0 Å². The summed E-state index contributed by atoms with van der Waals surface area (Å²) in [6.45, 7) is 0.805. The van der Waals surface area contributed by atoms with Crippen molar-refractivity contribution in [2.24, 2.45) is 5.92 Å². The van der Waals surface area contributed by atoms with Crippen LogP contribution in [0.4, 0.5) is 5.95 Å². The molecule has 98 valence electrons. The maximum absolute atomic E-state index is 10.7. The van der Waals surface area contributed by atoms with E-state index in [2.05, 4.69) is 15.3 Å². The molecule has 1 heterocycles. The number of aromatic nitrogens is 2. The second-order valence-corrected chi connectivity index (χ2v) is 4.79. The molecule has 1 aliphatic rings. The van der Waals surface area contributed by atoms with E-state index in [1.165, 1.54) is 44.4 Å². The highest BCUT2D eigenvalue weighted by Gasteiger charge is 2.14. The number of carboxylic acids is 1. The largest absolute Gasteiger partial charge is 0.477 e. The van der Waals surface area contributed by atoms with E-state index in [4.69, 9.17) is 5.11 Å². The number of carboxylic acid groups (broad SMARTS) is 1. The zero-order chi connectivity index (χ0) is 12.8. The standard InChI is InChI=1S/C13H19N3O2/c17-12(18)11-7-9-15-13(16-11)14-8-3-6-10-4-1-2-5-10/h7,9-10H,1-6,8H2,(H,17,18)(H,14,15,16). The summed E-state index contributed by atoms with van der Waals surface area (Å²) < 4.78 is 0. The van der Waals surface area contributed by atoms with Crippen molar-refractivity contribution in [3.8, 4) is 0 Å². The van der Waals surface area contributed by atoms with Crippen LogP contribution in [0.1, 0.15) is 49.0 Å². The lowest BCUT2D eigenvalue weighted by molar-refractivity contribution is 0.0690. The van der Waals surface area contributed by atoms with Gasteiger partial charge in [0.05, 0.1) is 0 Å². The molecule has 0 saturated heterocycles. The number of anilines is 1. The van der Waals surface area contributed by atoms with Gasteiger partial charge in [-0.15, -0.1) is 0 Å². The minimum absolute atomic E-state index is 0.0308. The first kappa shape index (κ1) is 12.8. The van der Waals surface area contributed by atoms with Gasteiger partial charge in [0.2, 0.25) is 5.95 Å². The molecule has 0 atom stereocenters. The number of nitrogens with one attached hydrogen (secondary N) is 1. The molecule has 0 spiro atoms. The number of hydrogen-bond donors (Lipinski definition) is 2. The number of hydrogen-bond acceptors (Lipinski definition) is 4. The zero-order valence-corrected chi connectivity index (χ0v) is 10.4. The summed E-state index contributed by atoms with van der Waals surface area (Å²) in [7, 11) is 0. The fourth-order valence-corrected chi connectivity index (χ4v) is 2.45. The van der Waals surface area contributed by atoms with Crippen molar-refractivity contribution in [2.75, 3.05) is 11.9 Å². The van der Waals surface area contributed by atoms with E-state index >= 15 is 0 Å². The highest BCUT2D eigenvalue weighted by atomic mass is 16.4. The predicted octanol–water partition coefficient (Wildman–Crippen LogP) is 2.56. The molecule has 0 aromatic carbocycles. The summed E-state index contributed by atoms with van der Waals surface area (Å²) in [6, 6.07) is 1.39. The second-order valence-electron chi connectivity index (χ2n) is 4.79. The molecule has 18 heavy (non-hydrogen) atoms. The van der Waals surface area contributed by atoms with Gasteiger partial charge < -0.3 is 10.4 Å². The summed E-state index contributed by atoms with van der Waals surface area (Å²) >= 11 is 0. The van der Waals surface area contributed by atoms with E-state index < -0.39 is 5.97 Å². The van der Waals surface area contributed by atoms with E-state index in [1.807, 2.05) is 0 Å². The lowest BCUT2D eigenvalue weighted by Gasteiger charge is -2.09. The van der Waals surface area contributed by atoms with Crippen LogP contribution in [0, 0.1) is 5.92 Å². The van der Waals surface area contributed by atoms with Crippen LogP contribution in [-0.4, -0.2) is 27.6 Å². The Morgan fingerprint density at radius 1 is 1.44 bits per heavy atom. The molecule has 0 unspecified atom stereocenters. The highest BCUT2D eigenvalue weighted by Crippen LogP contribution is 2.28. The van der Waals surface area contributed by atoms with Crippen molar-refractivity contribution in [1.82, 2.24) is 9.97 Å². The van der Waals surface area contributed by atoms with E-state index in [0.29, 0.717) is 5.95 Å². The Morgan fingerprint density at radius 2 is 2.22 bits per heavy atom. The van der Waals surface area contributed by atoms with Crippen molar-refractivity contribution < 1.29 is 9.90 Å². The topological polar surface area (TPSA) is 75.1 Å². The maximum atomic E-state index is 10.7. The fourth-order valence-electron chi connectivity index (χ4n) is 2.45. The minimum Gasteiger partial charge on any atom is -0.477 e. The van der Waals surface area contributed by atoms with E-state index in [9.17, 15) is 4.79 Å². The van der Waals surface area contributed by atoms with E-state index in [1.54, 1.807) is 0 Å². The zero-order valence-electron chi connectivity index (χ0n) is 10.4. The number of rotatable bonds is 6. The first-order valence-electron chi connectivity index (χ1n) is 6.56. The van der Waals surface area contributed by atoms with Crippen molar-refractivity contribution in [3.05, 3.63) is 18.0 Å². The Kier molecular flexibility index (Phi) is 4.50. The Morgan fingerprint density at radius 3 is 2.94 bits per heavy atom. The van der Waals surface area contributed by atoms with Crippen molar-refractivity contribution in [2.45, 2.75) is 38.5 Å². The molecule has 5 heteroatoms. The van der Waals surface area contributed by atoms with Crippen molar-refractivity contribution in [1.29, 1.82) is 0 Å². The summed E-state index contributed by atoms with van der Waals surface area (Å²) in [5.74, 6) is 0.269. The first-order valence-corrected chi connectivity index (χ1v) is 6.56. The molecular formula is C13H19N3O2. The molecule has 0 amide bonds. The van der Waals surface area contributed by atoms with Gasteiger partial charge in [0.25, 0.3) is 0 Å². The van der Waals surface area contributed by atoms with E-state index in [0.717, 1.165) is 18.9 Å². The summed E-state index contributed by atoms with van der Waals surface area (Å²) in [6.07, 6.45) is 9.28. The number of carbonyl (C=O) groups is 1. The summed E-state index contributed by atoms with van der Waals surface area (Å²) in [4.78, 5) is 18.7. The van der Waals surface area contributed by atoms with Crippen LogP contribution >= 0.6 is 0 Å². The van der Waals surface area contributed by atoms with Gasteiger partial charge >= 0.3 is 5.97 Å². The third-order valence-electron chi connectivity index (χ3n) is 3.42. The van der Waals surface area contributed by atoms with Crippen LogP contribution in [-0.2, 0) is 0 Å². The SMILES string of the molecule is O=C(O)c1ccnc(NCCCC2CCCC2)n1. The van der Waals surface area contributed by atoms with E-state index in [-0.39, 0.29) is 5.69 Å². The minimum atomic E-state index is -1.02. The Labute approximate surface area is 107 Å². The van der Waals surface area contributed by atoms with Gasteiger partial charge in [0.1, 0.15) is 0 Å². The molecule has 1 aromatic heterocycles. The number of aromatic carboxylic acids is 1. The van der Waals surface area contributed by atoms with Crippen LogP contribution in [0.25, 0.3) is 0 Å². The van der Waals surface area contributed by atoms with Gasteiger partial charge in [-0.05, 0) is 24.8 Å². The van der Waals surface area contributed by atoms with Gasteiger partial charge in [0.15, 0.2) is 5.69 Å². The predicted molar refractivity (Wildman–Crippen MR) is 68.7 cm³/mol. The Bertz CT molecular complexity index is 403. The molecule has 2 rings (SSSR count). The average Bonchev–Trinajstić information content (AvgIpc) is 2.88. The van der Waals surface area contributed by atoms with Gasteiger partial charge in [-0.1, -0.05) is 25.7 Å². The van der Waals surface area contributed by atoms with Crippen LogP contribution < -0.4 is 5.32 Å². The highest BCUT2D eigenvalue weighted by molar-refractivity contribution is 5.85. The summed E-state index contributed by atoms with van der Waals surface area (Å²) in [5, 5.41) is 11.9. The van der Waals surface area contributed by atoms with Gasteiger partial charge in [-0.3, -0.25) is 0 Å². The molecule has 1 fully saturated rings. The molecule has 0 bridgehead atoms. The Hall–Kier alpha value is -1.65. The molecule has 1 saturated carbocycles. The molecule has 2 N–H and O–H groups in total. The quantitative estimate of drug-likeness (QED) is 0.758. The smallest absolute Gasteiger partial charge is 0.354 e. The van der Waals surface area contributed by atoms with Crippen LogP contribution in [0.15, 0.2) is 12.3 Å². The van der Waals surface area contributed by atoms with Gasteiger partial charge in [0, 0.05) is 12.7 Å². The monoisotopic (exact) mass is 249 g/mol. The lowest BCUT2D eigenvalue weighted by Crippen LogP contribution is -2.09. The maximum Gasteiger partial charge on any atom is 0.354 e. The van der Waals surface area contributed by atoms with Crippen molar-refractivity contribution in [3.63, 3.8) is 0 Å². The van der Waals surface area contributed by atoms with Crippen LogP contribution in [0.2, 0.25) is 0 Å². The number of nitrogens with zero attached hydrogens (tertiary/aromatic N) is 2. The normalized spacial score (nSPS) is 15.8. The second kappa shape index (κ2) is 6.33. The third-order valence-corrected chi connectivity index (χ3v) is 3.42. The first-order chi connectivity index (χ1) is 8.75. The molecule has 1 aromatic rings. The fraction of sp³-hybridized carbons (Fsp3) is 0.615. The van der Waals surface area contributed by atoms with Crippen LogP contribution in [0.5, 0.6) is 0 Å². The molecule has 5 nitrogen and oxygen atoms in total.